The minimum atomic E-state index is 0.840. The number of anilines is 1. The van der Waals surface area contributed by atoms with Crippen molar-refractivity contribution in [3.8, 4) is 0 Å². The van der Waals surface area contributed by atoms with Crippen molar-refractivity contribution in [1.29, 1.82) is 0 Å². The zero-order valence-corrected chi connectivity index (χ0v) is 12.7. The van der Waals surface area contributed by atoms with Crippen LogP contribution < -0.4 is 5.32 Å². The summed E-state index contributed by atoms with van der Waals surface area (Å²) in [6.07, 6.45) is 0. The molecule has 0 aliphatic carbocycles. The molecular formula is C14H13Br2N. The van der Waals surface area contributed by atoms with Crippen LogP contribution in [0.25, 0.3) is 0 Å². The van der Waals surface area contributed by atoms with Crippen LogP contribution in [0, 0.1) is 6.92 Å². The van der Waals surface area contributed by atoms with Crippen LogP contribution in [0.3, 0.4) is 0 Å². The molecular weight excluding hydrogens is 342 g/mol. The molecule has 0 saturated heterocycles. The zero-order chi connectivity index (χ0) is 12.3. The fraction of sp³-hybridized carbons (Fsp3) is 0.143. The van der Waals surface area contributed by atoms with Crippen molar-refractivity contribution in [3.63, 3.8) is 0 Å². The third kappa shape index (κ3) is 3.33. The van der Waals surface area contributed by atoms with Crippen LogP contribution in [-0.2, 0) is 6.54 Å². The summed E-state index contributed by atoms with van der Waals surface area (Å²) in [5.41, 5.74) is 3.74. The Morgan fingerprint density at radius 3 is 2.53 bits per heavy atom. The van der Waals surface area contributed by atoms with Gasteiger partial charge in [0, 0.05) is 21.2 Å². The quantitative estimate of drug-likeness (QED) is 0.805. The van der Waals surface area contributed by atoms with Gasteiger partial charge in [-0.3, -0.25) is 0 Å². The highest BCUT2D eigenvalue weighted by atomic mass is 79.9. The highest BCUT2D eigenvalue weighted by Gasteiger charge is 2.01. The highest BCUT2D eigenvalue weighted by Crippen LogP contribution is 2.26. The molecule has 0 bridgehead atoms. The van der Waals surface area contributed by atoms with Crippen LogP contribution in [-0.4, -0.2) is 0 Å². The van der Waals surface area contributed by atoms with Gasteiger partial charge in [-0.25, -0.2) is 0 Å². The van der Waals surface area contributed by atoms with Gasteiger partial charge in [0.1, 0.15) is 0 Å². The van der Waals surface area contributed by atoms with Crippen molar-refractivity contribution < 1.29 is 0 Å². The molecule has 17 heavy (non-hydrogen) atoms. The lowest BCUT2D eigenvalue weighted by Crippen LogP contribution is -2.01. The second-order valence-corrected chi connectivity index (χ2v) is 5.67. The van der Waals surface area contributed by atoms with E-state index in [1.807, 2.05) is 12.1 Å². The van der Waals surface area contributed by atoms with Gasteiger partial charge in [-0.2, -0.15) is 0 Å². The summed E-state index contributed by atoms with van der Waals surface area (Å²) in [4.78, 5) is 0. The summed E-state index contributed by atoms with van der Waals surface area (Å²) < 4.78 is 2.14. The first-order valence-electron chi connectivity index (χ1n) is 5.40. The zero-order valence-electron chi connectivity index (χ0n) is 9.50. The molecule has 1 N–H and O–H groups in total. The Kier molecular flexibility index (Phi) is 4.24. The van der Waals surface area contributed by atoms with Crippen LogP contribution in [0.5, 0.6) is 0 Å². The van der Waals surface area contributed by atoms with Gasteiger partial charge < -0.3 is 5.32 Å². The largest absolute Gasteiger partial charge is 0.380 e. The Morgan fingerprint density at radius 2 is 1.82 bits per heavy atom. The molecule has 0 radical (unpaired) electrons. The molecule has 0 aliphatic rings. The van der Waals surface area contributed by atoms with Crippen molar-refractivity contribution in [1.82, 2.24) is 0 Å². The molecule has 0 amide bonds. The first-order valence-corrected chi connectivity index (χ1v) is 6.99. The molecule has 2 aromatic carbocycles. The monoisotopic (exact) mass is 353 g/mol. The first-order chi connectivity index (χ1) is 8.16. The van der Waals surface area contributed by atoms with E-state index in [2.05, 4.69) is 74.4 Å². The van der Waals surface area contributed by atoms with Gasteiger partial charge in [0.15, 0.2) is 0 Å². The molecule has 0 aromatic heterocycles. The minimum Gasteiger partial charge on any atom is -0.380 e. The number of rotatable bonds is 3. The SMILES string of the molecule is Cc1ccccc1CNc1ccc(Br)cc1Br. The standard InChI is InChI=1S/C14H13Br2N/c1-10-4-2-3-5-11(10)9-17-14-7-6-12(15)8-13(14)16/h2-8,17H,9H2,1H3. The van der Waals surface area contributed by atoms with E-state index in [0.717, 1.165) is 21.2 Å². The van der Waals surface area contributed by atoms with Gasteiger partial charge in [-0.15, -0.1) is 0 Å². The van der Waals surface area contributed by atoms with E-state index in [4.69, 9.17) is 0 Å². The fourth-order valence-electron chi connectivity index (χ4n) is 1.63. The van der Waals surface area contributed by atoms with Crippen LogP contribution >= 0.6 is 31.9 Å². The topological polar surface area (TPSA) is 12.0 Å². The highest BCUT2D eigenvalue weighted by molar-refractivity contribution is 9.11. The number of aryl methyl sites for hydroxylation is 1. The van der Waals surface area contributed by atoms with Crippen LogP contribution in [0.15, 0.2) is 51.4 Å². The van der Waals surface area contributed by atoms with Gasteiger partial charge in [0.2, 0.25) is 0 Å². The van der Waals surface area contributed by atoms with Gasteiger partial charge in [0.05, 0.1) is 0 Å². The van der Waals surface area contributed by atoms with E-state index in [1.54, 1.807) is 0 Å². The maximum Gasteiger partial charge on any atom is 0.0488 e. The number of benzene rings is 2. The maximum absolute atomic E-state index is 3.55. The molecule has 1 nitrogen and oxygen atoms in total. The Hall–Kier alpha value is -0.800. The Morgan fingerprint density at radius 1 is 1.06 bits per heavy atom. The predicted molar refractivity (Wildman–Crippen MR) is 80.3 cm³/mol. The lowest BCUT2D eigenvalue weighted by molar-refractivity contribution is 1.12. The minimum absolute atomic E-state index is 0.840. The lowest BCUT2D eigenvalue weighted by Gasteiger charge is -2.10. The molecule has 3 heteroatoms. The molecule has 0 spiro atoms. The summed E-state index contributed by atoms with van der Waals surface area (Å²) in [6.45, 7) is 2.97. The Balaban J connectivity index is 2.10. The second kappa shape index (κ2) is 5.69. The van der Waals surface area contributed by atoms with Crippen molar-refractivity contribution in [3.05, 3.63) is 62.5 Å². The molecule has 0 aliphatic heterocycles. The number of hydrogen-bond donors (Lipinski definition) is 1. The molecule has 0 heterocycles. The summed E-state index contributed by atoms with van der Waals surface area (Å²) in [5.74, 6) is 0. The van der Waals surface area contributed by atoms with Crippen LogP contribution in [0.4, 0.5) is 5.69 Å². The predicted octanol–water partition coefficient (Wildman–Crippen LogP) is 5.13. The van der Waals surface area contributed by atoms with E-state index in [-0.39, 0.29) is 0 Å². The average molecular weight is 355 g/mol. The number of nitrogens with one attached hydrogen (secondary N) is 1. The number of hydrogen-bond acceptors (Lipinski definition) is 1. The van der Waals surface area contributed by atoms with Crippen molar-refractivity contribution in [2.75, 3.05) is 5.32 Å². The maximum atomic E-state index is 3.55. The van der Waals surface area contributed by atoms with Gasteiger partial charge in [0.25, 0.3) is 0 Å². The fourth-order valence-corrected chi connectivity index (χ4v) is 2.82. The van der Waals surface area contributed by atoms with Gasteiger partial charge in [-0.05, 0) is 52.2 Å². The van der Waals surface area contributed by atoms with Crippen LogP contribution in [0.2, 0.25) is 0 Å². The Bertz CT molecular complexity index is 523. The van der Waals surface area contributed by atoms with E-state index in [0.29, 0.717) is 0 Å². The second-order valence-electron chi connectivity index (χ2n) is 3.90. The molecule has 0 atom stereocenters. The van der Waals surface area contributed by atoms with E-state index in [1.165, 1.54) is 11.1 Å². The first kappa shape index (κ1) is 12.7. The van der Waals surface area contributed by atoms with E-state index < -0.39 is 0 Å². The Labute approximate surface area is 119 Å². The van der Waals surface area contributed by atoms with Crippen molar-refractivity contribution >= 4 is 37.5 Å². The van der Waals surface area contributed by atoms with Crippen LogP contribution in [0.1, 0.15) is 11.1 Å². The molecule has 0 saturated carbocycles. The van der Waals surface area contributed by atoms with E-state index in [9.17, 15) is 0 Å². The summed E-state index contributed by atoms with van der Waals surface area (Å²) in [7, 11) is 0. The van der Waals surface area contributed by atoms with Crippen molar-refractivity contribution in [2.45, 2.75) is 13.5 Å². The van der Waals surface area contributed by atoms with Gasteiger partial charge in [-0.1, -0.05) is 40.2 Å². The number of halogens is 2. The molecule has 0 fully saturated rings. The summed E-state index contributed by atoms with van der Waals surface area (Å²) >= 11 is 6.99. The van der Waals surface area contributed by atoms with Gasteiger partial charge >= 0.3 is 0 Å². The summed E-state index contributed by atoms with van der Waals surface area (Å²) in [6, 6.07) is 14.6. The van der Waals surface area contributed by atoms with E-state index >= 15 is 0 Å². The normalized spacial score (nSPS) is 10.3. The molecule has 2 rings (SSSR count). The lowest BCUT2D eigenvalue weighted by atomic mass is 10.1. The van der Waals surface area contributed by atoms with Crippen molar-refractivity contribution in [2.24, 2.45) is 0 Å². The molecule has 88 valence electrons. The average Bonchev–Trinajstić information content (AvgIpc) is 2.30. The summed E-state index contributed by atoms with van der Waals surface area (Å²) in [5, 5.41) is 3.43. The molecule has 2 aromatic rings. The molecule has 0 unspecified atom stereocenters. The third-order valence-electron chi connectivity index (χ3n) is 2.66. The smallest absolute Gasteiger partial charge is 0.0488 e. The third-order valence-corrected chi connectivity index (χ3v) is 3.81.